The molecule has 6 nitrogen and oxygen atoms in total. The van der Waals surface area contributed by atoms with Crippen molar-refractivity contribution in [3.63, 3.8) is 0 Å². The van der Waals surface area contributed by atoms with Gasteiger partial charge >= 0.3 is 0 Å². The van der Waals surface area contributed by atoms with Gasteiger partial charge in [0, 0.05) is 4.88 Å². The second-order valence-electron chi connectivity index (χ2n) is 7.22. The highest BCUT2D eigenvalue weighted by Gasteiger charge is 2.14. The molecule has 31 heavy (non-hydrogen) atoms. The molecule has 160 valence electrons. The first kappa shape index (κ1) is 21.1. The number of rotatable bonds is 8. The molecule has 1 N–H and O–H groups in total. The van der Waals surface area contributed by atoms with Crippen LogP contribution < -0.4 is 15.0 Å². The largest absolute Gasteiger partial charge is 0.497 e. The van der Waals surface area contributed by atoms with Gasteiger partial charge in [0.2, 0.25) is 0 Å². The highest BCUT2D eigenvalue weighted by atomic mass is 32.1. The van der Waals surface area contributed by atoms with E-state index in [1.807, 2.05) is 54.6 Å². The SMILES string of the molecule is CCc1cccc(OC[C@@H](O)Cn2cnc3cc(-c4ccc(OC)cc4)sc3c2=O)c1. The molecule has 1 atom stereocenters. The van der Waals surface area contributed by atoms with Crippen molar-refractivity contribution in [2.24, 2.45) is 0 Å². The topological polar surface area (TPSA) is 73.6 Å². The van der Waals surface area contributed by atoms with Crippen LogP contribution in [0.25, 0.3) is 20.7 Å². The van der Waals surface area contributed by atoms with E-state index in [2.05, 4.69) is 11.9 Å². The number of aliphatic hydroxyl groups is 1. The van der Waals surface area contributed by atoms with Crippen LogP contribution in [0.4, 0.5) is 0 Å². The number of aromatic nitrogens is 2. The number of nitrogens with zero attached hydrogens (tertiary/aromatic N) is 2. The lowest BCUT2D eigenvalue weighted by atomic mass is 10.2. The van der Waals surface area contributed by atoms with Gasteiger partial charge in [-0.3, -0.25) is 9.36 Å². The smallest absolute Gasteiger partial charge is 0.271 e. The number of hydrogen-bond donors (Lipinski definition) is 1. The Morgan fingerprint density at radius 2 is 1.94 bits per heavy atom. The number of hydrogen-bond acceptors (Lipinski definition) is 6. The van der Waals surface area contributed by atoms with E-state index in [0.29, 0.717) is 16.0 Å². The number of fused-ring (bicyclic) bond motifs is 1. The lowest BCUT2D eigenvalue weighted by Crippen LogP contribution is -2.30. The summed E-state index contributed by atoms with van der Waals surface area (Å²) < 4.78 is 12.9. The van der Waals surface area contributed by atoms with Crippen LogP contribution in [0.3, 0.4) is 0 Å². The van der Waals surface area contributed by atoms with Crippen LogP contribution >= 0.6 is 11.3 Å². The Morgan fingerprint density at radius 1 is 1.13 bits per heavy atom. The molecule has 0 aliphatic carbocycles. The van der Waals surface area contributed by atoms with Gasteiger partial charge in [-0.15, -0.1) is 11.3 Å². The van der Waals surface area contributed by atoms with E-state index in [9.17, 15) is 9.90 Å². The van der Waals surface area contributed by atoms with Crippen molar-refractivity contribution < 1.29 is 14.6 Å². The lowest BCUT2D eigenvalue weighted by molar-refractivity contribution is 0.0914. The van der Waals surface area contributed by atoms with Gasteiger partial charge < -0.3 is 14.6 Å². The number of aliphatic hydroxyl groups excluding tert-OH is 1. The maximum atomic E-state index is 12.9. The second kappa shape index (κ2) is 9.32. The molecular formula is C24H24N2O4S. The quantitative estimate of drug-likeness (QED) is 0.449. The lowest BCUT2D eigenvalue weighted by Gasteiger charge is -2.14. The third kappa shape index (κ3) is 4.78. The van der Waals surface area contributed by atoms with Crippen LogP contribution in [0.5, 0.6) is 11.5 Å². The average molecular weight is 437 g/mol. The summed E-state index contributed by atoms with van der Waals surface area (Å²) in [6.07, 6.45) is 1.57. The standard InChI is InChI=1S/C24H24N2O4S/c1-3-16-5-4-6-20(11-16)30-14-18(27)13-26-15-25-21-12-22(31-23(21)24(26)28)17-7-9-19(29-2)10-8-17/h4-12,15,18,27H,3,13-14H2,1-2H3/t18-/m0/s1. The predicted octanol–water partition coefficient (Wildman–Crippen LogP) is 4.14. The van der Waals surface area contributed by atoms with Crippen LogP contribution in [0.2, 0.25) is 0 Å². The van der Waals surface area contributed by atoms with Gasteiger partial charge in [0.05, 0.1) is 25.5 Å². The fourth-order valence-corrected chi connectivity index (χ4v) is 4.37. The number of benzene rings is 2. The first-order chi connectivity index (χ1) is 15.1. The minimum atomic E-state index is -0.830. The zero-order valence-electron chi connectivity index (χ0n) is 17.4. The number of ether oxygens (including phenoxy) is 2. The molecule has 2 aromatic heterocycles. The predicted molar refractivity (Wildman–Crippen MR) is 123 cm³/mol. The molecule has 0 aliphatic heterocycles. The number of thiophene rings is 1. The van der Waals surface area contributed by atoms with Crippen LogP contribution in [0, 0.1) is 0 Å². The molecule has 4 aromatic rings. The van der Waals surface area contributed by atoms with Crippen molar-refractivity contribution in [1.82, 2.24) is 9.55 Å². The Morgan fingerprint density at radius 3 is 2.68 bits per heavy atom. The average Bonchev–Trinajstić information content (AvgIpc) is 3.25. The molecule has 4 rings (SSSR count). The zero-order chi connectivity index (χ0) is 21.8. The Hall–Kier alpha value is -3.16. The van der Waals surface area contributed by atoms with Crippen molar-refractivity contribution >= 4 is 21.6 Å². The Labute approximate surface area is 184 Å². The molecule has 0 unspecified atom stereocenters. The highest BCUT2D eigenvalue weighted by Crippen LogP contribution is 2.31. The summed E-state index contributed by atoms with van der Waals surface area (Å²) in [4.78, 5) is 18.3. The third-order valence-electron chi connectivity index (χ3n) is 5.03. The van der Waals surface area contributed by atoms with Gasteiger partial charge in [-0.25, -0.2) is 4.98 Å². The van der Waals surface area contributed by atoms with Gasteiger partial charge in [-0.05, 0) is 60.0 Å². The maximum absolute atomic E-state index is 12.9. The van der Waals surface area contributed by atoms with Gasteiger partial charge in [0.15, 0.2) is 0 Å². The Bertz CT molecular complexity index is 1230. The summed E-state index contributed by atoms with van der Waals surface area (Å²) in [6.45, 7) is 2.29. The normalized spacial score (nSPS) is 12.1. The molecule has 2 heterocycles. The van der Waals surface area contributed by atoms with E-state index in [-0.39, 0.29) is 18.7 Å². The van der Waals surface area contributed by atoms with Gasteiger partial charge in [0.1, 0.15) is 28.9 Å². The molecule has 0 amide bonds. The minimum Gasteiger partial charge on any atom is -0.497 e. The van der Waals surface area contributed by atoms with E-state index in [1.165, 1.54) is 27.8 Å². The van der Waals surface area contributed by atoms with Gasteiger partial charge in [-0.2, -0.15) is 0 Å². The molecule has 7 heteroatoms. The molecule has 2 aromatic carbocycles. The van der Waals surface area contributed by atoms with Crippen molar-refractivity contribution in [1.29, 1.82) is 0 Å². The summed E-state index contributed by atoms with van der Waals surface area (Å²) in [5, 5.41) is 10.4. The fraction of sp³-hybridized carbons (Fsp3) is 0.250. The minimum absolute atomic E-state index is 0.0964. The second-order valence-corrected chi connectivity index (χ2v) is 8.27. The molecule has 0 fully saturated rings. The molecule has 0 bridgehead atoms. The first-order valence-corrected chi connectivity index (χ1v) is 10.9. The van der Waals surface area contributed by atoms with Crippen LogP contribution in [-0.4, -0.2) is 34.5 Å². The van der Waals surface area contributed by atoms with E-state index in [4.69, 9.17) is 9.47 Å². The van der Waals surface area contributed by atoms with Gasteiger partial charge in [-0.1, -0.05) is 19.1 Å². The summed E-state index contributed by atoms with van der Waals surface area (Å²) in [5.41, 5.74) is 2.65. The highest BCUT2D eigenvalue weighted by molar-refractivity contribution is 7.22. The van der Waals surface area contributed by atoms with Crippen LogP contribution in [0.1, 0.15) is 12.5 Å². The van der Waals surface area contributed by atoms with E-state index in [1.54, 1.807) is 7.11 Å². The van der Waals surface area contributed by atoms with E-state index >= 15 is 0 Å². The molecule has 0 saturated carbocycles. The zero-order valence-corrected chi connectivity index (χ0v) is 18.3. The number of methoxy groups -OCH3 is 1. The third-order valence-corrected chi connectivity index (χ3v) is 6.20. The molecular weight excluding hydrogens is 412 g/mol. The summed E-state index contributed by atoms with van der Waals surface area (Å²) in [5.74, 6) is 1.49. The Kier molecular flexibility index (Phi) is 6.34. The van der Waals surface area contributed by atoms with E-state index < -0.39 is 6.10 Å². The van der Waals surface area contributed by atoms with E-state index in [0.717, 1.165) is 22.6 Å². The molecule has 0 radical (unpaired) electrons. The maximum Gasteiger partial charge on any atom is 0.271 e. The fourth-order valence-electron chi connectivity index (χ4n) is 3.30. The summed E-state index contributed by atoms with van der Waals surface area (Å²) >= 11 is 1.40. The van der Waals surface area contributed by atoms with Crippen molar-refractivity contribution in [2.45, 2.75) is 26.0 Å². The number of aryl methyl sites for hydroxylation is 1. The van der Waals surface area contributed by atoms with Crippen molar-refractivity contribution in [3.05, 3.63) is 76.8 Å². The van der Waals surface area contributed by atoms with Crippen molar-refractivity contribution in [3.8, 4) is 21.9 Å². The molecule has 0 saturated heterocycles. The summed E-state index contributed by atoms with van der Waals surface area (Å²) in [7, 11) is 1.63. The monoisotopic (exact) mass is 436 g/mol. The molecule has 0 spiro atoms. The van der Waals surface area contributed by atoms with Gasteiger partial charge in [0.25, 0.3) is 5.56 Å². The van der Waals surface area contributed by atoms with Crippen LogP contribution in [-0.2, 0) is 13.0 Å². The summed E-state index contributed by atoms with van der Waals surface area (Å²) in [6, 6.07) is 17.4. The Balaban J connectivity index is 1.48. The first-order valence-electron chi connectivity index (χ1n) is 10.1. The molecule has 0 aliphatic rings. The van der Waals surface area contributed by atoms with Crippen molar-refractivity contribution in [2.75, 3.05) is 13.7 Å². The van der Waals surface area contributed by atoms with Crippen LogP contribution in [0.15, 0.2) is 65.7 Å².